The predicted octanol–water partition coefficient (Wildman–Crippen LogP) is 1.17. The molecular weight excluding hydrogens is 269 g/mol. The van der Waals surface area contributed by atoms with E-state index in [0.717, 1.165) is 43.9 Å². The lowest BCUT2D eigenvalue weighted by atomic mass is 10.1. The van der Waals surface area contributed by atoms with Crippen LogP contribution in [0.15, 0.2) is 18.2 Å². The molecule has 1 aliphatic heterocycles. The van der Waals surface area contributed by atoms with Crippen LogP contribution in [0.3, 0.4) is 0 Å². The van der Waals surface area contributed by atoms with Crippen LogP contribution in [0.2, 0.25) is 0 Å². The zero-order valence-corrected chi connectivity index (χ0v) is 13.0. The molecule has 21 heavy (non-hydrogen) atoms. The van der Waals surface area contributed by atoms with E-state index in [1.807, 2.05) is 19.9 Å². The van der Waals surface area contributed by atoms with Crippen molar-refractivity contribution in [1.29, 1.82) is 0 Å². The highest BCUT2D eigenvalue weighted by atomic mass is 19.1. The smallest absolute Gasteiger partial charge is 0.123 e. The highest BCUT2D eigenvalue weighted by Crippen LogP contribution is 2.14. The van der Waals surface area contributed by atoms with Gasteiger partial charge in [0.25, 0.3) is 0 Å². The van der Waals surface area contributed by atoms with Crippen LogP contribution in [0.4, 0.5) is 4.39 Å². The van der Waals surface area contributed by atoms with Gasteiger partial charge >= 0.3 is 0 Å². The highest BCUT2D eigenvalue weighted by Gasteiger charge is 2.22. The molecule has 0 atom stereocenters. The molecule has 2 rings (SSSR count). The van der Waals surface area contributed by atoms with Crippen LogP contribution in [0, 0.1) is 5.82 Å². The SMILES string of the molecule is CC(C)(O)CN1CCN(Cc2cc(F)cc(CN)c2)CC1. The molecule has 1 heterocycles. The van der Waals surface area contributed by atoms with E-state index in [1.165, 1.54) is 6.07 Å². The van der Waals surface area contributed by atoms with Crippen LogP contribution in [-0.2, 0) is 13.1 Å². The van der Waals surface area contributed by atoms with E-state index in [-0.39, 0.29) is 5.82 Å². The van der Waals surface area contributed by atoms with E-state index in [0.29, 0.717) is 13.1 Å². The van der Waals surface area contributed by atoms with Gasteiger partial charge in [0.05, 0.1) is 5.60 Å². The zero-order valence-electron chi connectivity index (χ0n) is 13.0. The lowest BCUT2D eigenvalue weighted by Gasteiger charge is -2.37. The number of hydrogen-bond donors (Lipinski definition) is 2. The molecule has 0 unspecified atom stereocenters. The van der Waals surface area contributed by atoms with Crippen LogP contribution in [0.1, 0.15) is 25.0 Å². The second kappa shape index (κ2) is 6.83. The summed E-state index contributed by atoms with van der Waals surface area (Å²) in [5, 5.41) is 9.85. The number of β-amino-alcohol motifs (C(OH)–C–C–N with tert-alkyl or cyclic N) is 1. The second-order valence-electron chi connectivity index (χ2n) is 6.54. The summed E-state index contributed by atoms with van der Waals surface area (Å²) >= 11 is 0. The molecule has 0 spiro atoms. The maximum atomic E-state index is 13.5. The van der Waals surface area contributed by atoms with Gasteiger partial charge in [-0.25, -0.2) is 4.39 Å². The molecule has 4 nitrogen and oxygen atoms in total. The van der Waals surface area contributed by atoms with Crippen molar-refractivity contribution in [3.8, 4) is 0 Å². The first-order valence-electron chi connectivity index (χ1n) is 7.51. The average molecular weight is 295 g/mol. The zero-order chi connectivity index (χ0) is 15.5. The van der Waals surface area contributed by atoms with Crippen molar-refractivity contribution in [3.05, 3.63) is 35.1 Å². The largest absolute Gasteiger partial charge is 0.389 e. The van der Waals surface area contributed by atoms with Crippen LogP contribution < -0.4 is 5.73 Å². The van der Waals surface area contributed by atoms with Crippen LogP contribution in [0.5, 0.6) is 0 Å². The lowest BCUT2D eigenvalue weighted by molar-refractivity contribution is 0.0166. The maximum absolute atomic E-state index is 13.5. The Morgan fingerprint density at radius 1 is 1.10 bits per heavy atom. The first kappa shape index (κ1) is 16.4. The molecule has 1 aliphatic rings. The monoisotopic (exact) mass is 295 g/mol. The molecule has 1 saturated heterocycles. The van der Waals surface area contributed by atoms with E-state index < -0.39 is 5.60 Å². The fourth-order valence-corrected chi connectivity index (χ4v) is 2.84. The molecule has 5 heteroatoms. The minimum atomic E-state index is -0.652. The lowest BCUT2D eigenvalue weighted by Crippen LogP contribution is -2.50. The molecule has 0 radical (unpaired) electrons. The van der Waals surface area contributed by atoms with Gasteiger partial charge in [-0.2, -0.15) is 0 Å². The highest BCUT2D eigenvalue weighted by molar-refractivity contribution is 5.24. The summed E-state index contributed by atoms with van der Waals surface area (Å²) in [5.41, 5.74) is 6.75. The third-order valence-electron chi connectivity index (χ3n) is 3.73. The predicted molar refractivity (Wildman–Crippen MR) is 82.3 cm³/mol. The Labute approximate surface area is 126 Å². The summed E-state index contributed by atoms with van der Waals surface area (Å²) in [6.45, 7) is 9.21. The maximum Gasteiger partial charge on any atom is 0.123 e. The normalized spacial score (nSPS) is 18.1. The standard InChI is InChI=1S/C16H26FN3O/c1-16(2,21)12-20-5-3-19(4-6-20)11-14-7-13(10-18)8-15(17)9-14/h7-9,21H,3-6,10-12,18H2,1-2H3. The van der Waals surface area contributed by atoms with Crippen molar-refractivity contribution in [3.63, 3.8) is 0 Å². The molecule has 0 saturated carbocycles. The molecule has 1 fully saturated rings. The number of halogens is 1. The Hall–Kier alpha value is -1.01. The number of benzene rings is 1. The molecule has 0 bridgehead atoms. The summed E-state index contributed by atoms with van der Waals surface area (Å²) in [6, 6.07) is 5.05. The van der Waals surface area contributed by atoms with Crippen molar-refractivity contribution in [2.75, 3.05) is 32.7 Å². The van der Waals surface area contributed by atoms with E-state index in [4.69, 9.17) is 5.73 Å². The minimum Gasteiger partial charge on any atom is -0.389 e. The van der Waals surface area contributed by atoms with Crippen LogP contribution >= 0.6 is 0 Å². The van der Waals surface area contributed by atoms with Crippen LogP contribution in [0.25, 0.3) is 0 Å². The Balaban J connectivity index is 1.87. The molecular formula is C16H26FN3O. The molecule has 1 aromatic rings. The third-order valence-corrected chi connectivity index (χ3v) is 3.73. The molecule has 118 valence electrons. The van der Waals surface area contributed by atoms with E-state index >= 15 is 0 Å². The first-order chi connectivity index (χ1) is 9.85. The van der Waals surface area contributed by atoms with Gasteiger partial charge in [-0.15, -0.1) is 0 Å². The van der Waals surface area contributed by atoms with Gasteiger partial charge in [-0.3, -0.25) is 9.80 Å². The van der Waals surface area contributed by atoms with Crippen molar-refractivity contribution < 1.29 is 9.50 Å². The summed E-state index contributed by atoms with van der Waals surface area (Å²) in [4.78, 5) is 4.59. The Morgan fingerprint density at radius 2 is 1.67 bits per heavy atom. The van der Waals surface area contributed by atoms with Crippen molar-refractivity contribution >= 4 is 0 Å². The van der Waals surface area contributed by atoms with Crippen molar-refractivity contribution in [2.45, 2.75) is 32.5 Å². The second-order valence-corrected chi connectivity index (χ2v) is 6.54. The fraction of sp³-hybridized carbons (Fsp3) is 0.625. The van der Waals surface area contributed by atoms with Crippen molar-refractivity contribution in [2.24, 2.45) is 5.73 Å². The van der Waals surface area contributed by atoms with Gasteiger partial charge in [0.15, 0.2) is 0 Å². The average Bonchev–Trinajstić information content (AvgIpc) is 2.38. The molecule has 1 aromatic carbocycles. The summed E-state index contributed by atoms with van der Waals surface area (Å²) < 4.78 is 13.5. The first-order valence-corrected chi connectivity index (χ1v) is 7.51. The Bertz CT molecular complexity index is 465. The quantitative estimate of drug-likeness (QED) is 0.856. The van der Waals surface area contributed by atoms with Gasteiger partial charge in [-0.1, -0.05) is 6.07 Å². The minimum absolute atomic E-state index is 0.214. The Morgan fingerprint density at radius 3 is 2.24 bits per heavy atom. The van der Waals surface area contributed by atoms with Gasteiger partial charge < -0.3 is 10.8 Å². The van der Waals surface area contributed by atoms with Gasteiger partial charge in [0, 0.05) is 45.8 Å². The fourth-order valence-electron chi connectivity index (χ4n) is 2.84. The molecule has 0 amide bonds. The molecule has 3 N–H and O–H groups in total. The number of nitrogens with zero attached hydrogens (tertiary/aromatic N) is 2. The van der Waals surface area contributed by atoms with E-state index in [2.05, 4.69) is 9.80 Å². The molecule has 0 aliphatic carbocycles. The van der Waals surface area contributed by atoms with E-state index in [9.17, 15) is 9.50 Å². The number of piperazine rings is 1. The summed E-state index contributed by atoms with van der Waals surface area (Å²) in [6.07, 6.45) is 0. The van der Waals surface area contributed by atoms with Crippen molar-refractivity contribution in [1.82, 2.24) is 9.80 Å². The van der Waals surface area contributed by atoms with Gasteiger partial charge in [0.1, 0.15) is 5.82 Å². The van der Waals surface area contributed by atoms with Gasteiger partial charge in [0.2, 0.25) is 0 Å². The van der Waals surface area contributed by atoms with Gasteiger partial charge in [-0.05, 0) is 37.1 Å². The number of hydrogen-bond acceptors (Lipinski definition) is 4. The van der Waals surface area contributed by atoms with Crippen LogP contribution in [-0.4, -0.2) is 53.2 Å². The topological polar surface area (TPSA) is 52.7 Å². The number of rotatable bonds is 5. The third kappa shape index (κ3) is 5.36. The summed E-state index contributed by atoms with van der Waals surface area (Å²) in [7, 11) is 0. The number of nitrogens with two attached hydrogens (primary N) is 1. The van der Waals surface area contributed by atoms with E-state index in [1.54, 1.807) is 6.07 Å². The number of aliphatic hydroxyl groups is 1. The Kier molecular flexibility index (Phi) is 5.32. The summed E-state index contributed by atoms with van der Waals surface area (Å²) in [5.74, 6) is -0.214. The molecule has 0 aromatic heterocycles.